The van der Waals surface area contributed by atoms with Crippen molar-refractivity contribution in [2.75, 3.05) is 20.8 Å². The molecule has 0 heterocycles. The molecular weight excluding hydrogens is 168 g/mol. The van der Waals surface area contributed by atoms with Gasteiger partial charge in [0, 0.05) is 11.6 Å². The molecule has 0 aromatic carbocycles. The lowest BCUT2D eigenvalue weighted by Crippen LogP contribution is -1.96. The summed E-state index contributed by atoms with van der Waals surface area (Å²) in [4.78, 5) is 0. The van der Waals surface area contributed by atoms with E-state index in [0.717, 1.165) is 0 Å². The molecule has 0 unspecified atom stereocenters. The van der Waals surface area contributed by atoms with Crippen molar-refractivity contribution in [3.05, 3.63) is 35.8 Å². The molecule has 0 aromatic rings. The van der Waals surface area contributed by atoms with Crippen LogP contribution in [0.15, 0.2) is 35.8 Å². The average Bonchev–Trinajstić information content (AvgIpc) is 2.17. The van der Waals surface area contributed by atoms with E-state index in [4.69, 9.17) is 14.6 Å². The van der Waals surface area contributed by atoms with Gasteiger partial charge in [-0.25, -0.2) is 0 Å². The van der Waals surface area contributed by atoms with E-state index in [9.17, 15) is 0 Å². The Morgan fingerprint density at radius 1 is 1.38 bits per heavy atom. The summed E-state index contributed by atoms with van der Waals surface area (Å²) in [6.45, 7) is 5.27. The number of hydrogen-bond donors (Lipinski definition) is 1. The molecule has 13 heavy (non-hydrogen) atoms. The Hall–Kier alpha value is -1.22. The Kier molecular flexibility index (Phi) is 5.72. The van der Waals surface area contributed by atoms with E-state index in [1.54, 1.807) is 26.2 Å². The minimum absolute atomic E-state index is 0.0971. The Labute approximate surface area is 79.0 Å². The smallest absolute Gasteiger partial charge is 0.127 e. The van der Waals surface area contributed by atoms with Crippen LogP contribution in [-0.4, -0.2) is 25.9 Å². The van der Waals surface area contributed by atoms with E-state index in [1.807, 2.05) is 0 Å². The maximum absolute atomic E-state index is 8.93. The summed E-state index contributed by atoms with van der Waals surface area (Å²) in [5.74, 6) is 1.28. The first-order chi connectivity index (χ1) is 6.19. The Balaban J connectivity index is 4.85. The molecule has 0 aliphatic carbocycles. The van der Waals surface area contributed by atoms with Gasteiger partial charge in [0.15, 0.2) is 0 Å². The fourth-order valence-electron chi connectivity index (χ4n) is 0.769. The van der Waals surface area contributed by atoms with Crippen molar-refractivity contribution in [3.8, 4) is 0 Å². The van der Waals surface area contributed by atoms with Crippen LogP contribution in [0.2, 0.25) is 0 Å². The van der Waals surface area contributed by atoms with Crippen LogP contribution in [0.25, 0.3) is 0 Å². The molecule has 74 valence electrons. The van der Waals surface area contributed by atoms with E-state index in [-0.39, 0.29) is 6.61 Å². The number of ether oxygens (including phenoxy) is 2. The summed E-state index contributed by atoms with van der Waals surface area (Å²) >= 11 is 0. The minimum Gasteiger partial charge on any atom is -0.501 e. The van der Waals surface area contributed by atoms with Crippen molar-refractivity contribution in [1.29, 1.82) is 0 Å². The molecule has 0 saturated carbocycles. The van der Waals surface area contributed by atoms with Crippen molar-refractivity contribution in [2.24, 2.45) is 0 Å². The lowest BCUT2D eigenvalue weighted by molar-refractivity contribution is 0.268. The zero-order chi connectivity index (χ0) is 10.3. The average molecular weight is 184 g/mol. The van der Waals surface area contributed by atoms with Crippen LogP contribution in [-0.2, 0) is 9.47 Å². The van der Waals surface area contributed by atoms with Gasteiger partial charge >= 0.3 is 0 Å². The lowest BCUT2D eigenvalue weighted by atomic mass is 10.2. The fraction of sp³-hybridized carbons (Fsp3) is 0.400. The van der Waals surface area contributed by atoms with Crippen LogP contribution >= 0.6 is 0 Å². The second kappa shape index (κ2) is 6.31. The predicted octanol–water partition coefficient (Wildman–Crippen LogP) is 1.62. The highest BCUT2D eigenvalue weighted by Gasteiger charge is 2.00. The number of hydrogen-bond acceptors (Lipinski definition) is 3. The van der Waals surface area contributed by atoms with E-state index < -0.39 is 0 Å². The standard InChI is InChI=1S/C10H16O3/c1-5-9(7-11)10(13-4)6-8(2)12-3/h5-6,11H,1,7H2,2-4H3/b8-6+,10-9-. The molecule has 3 nitrogen and oxygen atoms in total. The van der Waals surface area contributed by atoms with Gasteiger partial charge in [0.25, 0.3) is 0 Å². The quantitative estimate of drug-likeness (QED) is 0.521. The molecule has 0 aliphatic heterocycles. The summed E-state index contributed by atoms with van der Waals surface area (Å²) in [6.07, 6.45) is 3.26. The molecule has 0 spiro atoms. The van der Waals surface area contributed by atoms with Gasteiger partial charge in [-0.1, -0.05) is 12.7 Å². The predicted molar refractivity (Wildman–Crippen MR) is 52.1 cm³/mol. The Morgan fingerprint density at radius 2 is 2.00 bits per heavy atom. The first kappa shape index (κ1) is 11.8. The minimum atomic E-state index is -0.0971. The molecule has 3 heteroatoms. The molecule has 0 rings (SSSR count). The topological polar surface area (TPSA) is 38.7 Å². The van der Waals surface area contributed by atoms with Gasteiger partial charge < -0.3 is 14.6 Å². The van der Waals surface area contributed by atoms with Crippen LogP contribution in [0.1, 0.15) is 6.92 Å². The number of rotatable bonds is 5. The molecule has 0 aromatic heterocycles. The van der Waals surface area contributed by atoms with Gasteiger partial charge in [-0.15, -0.1) is 0 Å². The van der Waals surface area contributed by atoms with Crippen LogP contribution in [0.3, 0.4) is 0 Å². The molecule has 0 saturated heterocycles. The van der Waals surface area contributed by atoms with Crippen LogP contribution < -0.4 is 0 Å². The van der Waals surface area contributed by atoms with Gasteiger partial charge in [0.2, 0.25) is 0 Å². The number of aliphatic hydroxyl groups is 1. The fourth-order valence-corrected chi connectivity index (χ4v) is 0.769. The van der Waals surface area contributed by atoms with Crippen molar-refractivity contribution in [3.63, 3.8) is 0 Å². The normalized spacial score (nSPS) is 13.4. The van der Waals surface area contributed by atoms with Crippen LogP contribution in [0.4, 0.5) is 0 Å². The van der Waals surface area contributed by atoms with Crippen molar-refractivity contribution >= 4 is 0 Å². The SMILES string of the molecule is C=C/C(CO)=C(\C=C(/C)OC)OC. The Bertz CT molecular complexity index is 226. The molecular formula is C10H16O3. The van der Waals surface area contributed by atoms with E-state index in [0.29, 0.717) is 17.1 Å². The highest BCUT2D eigenvalue weighted by atomic mass is 16.5. The summed E-state index contributed by atoms with van der Waals surface area (Å²) < 4.78 is 10.0. The first-order valence-corrected chi connectivity index (χ1v) is 3.92. The maximum atomic E-state index is 8.93. The van der Waals surface area contributed by atoms with Gasteiger partial charge in [-0.2, -0.15) is 0 Å². The Morgan fingerprint density at radius 3 is 2.31 bits per heavy atom. The van der Waals surface area contributed by atoms with Gasteiger partial charge in [-0.05, 0) is 6.92 Å². The second-order valence-electron chi connectivity index (χ2n) is 2.41. The van der Waals surface area contributed by atoms with E-state index >= 15 is 0 Å². The number of aliphatic hydroxyl groups excluding tert-OH is 1. The van der Waals surface area contributed by atoms with Crippen molar-refractivity contribution < 1.29 is 14.6 Å². The summed E-state index contributed by atoms with van der Waals surface area (Å²) in [7, 11) is 3.11. The van der Waals surface area contributed by atoms with E-state index in [2.05, 4.69) is 6.58 Å². The molecule has 0 amide bonds. The number of allylic oxidation sites excluding steroid dienone is 2. The molecule has 1 N–H and O–H groups in total. The maximum Gasteiger partial charge on any atom is 0.127 e. The van der Waals surface area contributed by atoms with Gasteiger partial charge in [0.1, 0.15) is 5.76 Å². The highest BCUT2D eigenvalue weighted by Crippen LogP contribution is 2.10. The molecule has 0 fully saturated rings. The largest absolute Gasteiger partial charge is 0.501 e. The molecule has 0 radical (unpaired) electrons. The van der Waals surface area contributed by atoms with E-state index in [1.165, 1.54) is 7.11 Å². The molecule has 0 atom stereocenters. The zero-order valence-corrected chi connectivity index (χ0v) is 8.33. The molecule has 0 aliphatic rings. The number of methoxy groups -OCH3 is 2. The monoisotopic (exact) mass is 184 g/mol. The third kappa shape index (κ3) is 3.80. The lowest BCUT2D eigenvalue weighted by Gasteiger charge is -2.06. The first-order valence-electron chi connectivity index (χ1n) is 3.92. The van der Waals surface area contributed by atoms with Gasteiger partial charge in [-0.3, -0.25) is 0 Å². The zero-order valence-electron chi connectivity index (χ0n) is 8.33. The summed E-state index contributed by atoms with van der Waals surface area (Å²) in [5.41, 5.74) is 0.638. The van der Waals surface area contributed by atoms with Crippen molar-refractivity contribution in [2.45, 2.75) is 6.92 Å². The van der Waals surface area contributed by atoms with Crippen LogP contribution in [0.5, 0.6) is 0 Å². The third-order valence-corrected chi connectivity index (χ3v) is 1.61. The summed E-state index contributed by atoms with van der Waals surface area (Å²) in [5, 5.41) is 8.93. The highest BCUT2D eigenvalue weighted by molar-refractivity contribution is 5.29. The van der Waals surface area contributed by atoms with Gasteiger partial charge in [0.05, 0.1) is 26.6 Å². The third-order valence-electron chi connectivity index (χ3n) is 1.61. The summed E-state index contributed by atoms with van der Waals surface area (Å²) in [6, 6.07) is 0. The van der Waals surface area contributed by atoms with Crippen LogP contribution in [0, 0.1) is 0 Å². The second-order valence-corrected chi connectivity index (χ2v) is 2.41. The van der Waals surface area contributed by atoms with Crippen molar-refractivity contribution in [1.82, 2.24) is 0 Å². The molecule has 0 bridgehead atoms.